The maximum absolute atomic E-state index is 12.8. The van der Waals surface area contributed by atoms with Gasteiger partial charge in [-0.15, -0.1) is 0 Å². The largest absolute Gasteiger partial charge is 0.459 e. The van der Waals surface area contributed by atoms with Crippen LogP contribution in [-0.4, -0.2) is 37.2 Å². The fraction of sp³-hybridized carbons (Fsp3) is 0.842. The molecule has 0 radical (unpaired) electrons. The van der Waals surface area contributed by atoms with Crippen molar-refractivity contribution in [3.8, 4) is 0 Å². The fourth-order valence-electron chi connectivity index (χ4n) is 7.89. The average Bonchev–Trinajstić information content (AvgIpc) is 3.28. The summed E-state index contributed by atoms with van der Waals surface area (Å²) in [5.74, 6) is -0.685. The van der Waals surface area contributed by atoms with Gasteiger partial charge in [-0.25, -0.2) is 0 Å². The van der Waals surface area contributed by atoms with E-state index in [1.165, 1.54) is 167 Å². The molecule has 368 valence electrons. The van der Waals surface area contributed by atoms with Crippen molar-refractivity contribution >= 4 is 17.7 Å². The van der Waals surface area contributed by atoms with Gasteiger partial charge in [-0.2, -0.15) is 0 Å². The Kier molecular flexibility index (Phi) is 50.6. The molecule has 0 spiro atoms. The Morgan fingerprint density at radius 2 is 0.635 bits per heavy atom. The third kappa shape index (κ3) is 50.6. The second-order valence-electron chi connectivity index (χ2n) is 18.5. The molecule has 0 aromatic heterocycles. The number of Topliss-reactive ketones (excluding diaryl/α,β-unsaturated/α-hetero) is 1. The van der Waals surface area contributed by atoms with Crippen LogP contribution < -0.4 is 0 Å². The minimum Gasteiger partial charge on any atom is -0.459 e. The number of ketones is 1. The van der Waals surface area contributed by atoms with Crippen LogP contribution in [0.5, 0.6) is 0 Å². The number of hydrogen-bond donors (Lipinski definition) is 0. The summed E-state index contributed by atoms with van der Waals surface area (Å²) in [6, 6.07) is 0. The minimum absolute atomic E-state index is 0.00875. The smallest absolute Gasteiger partial charge is 0.308 e. The van der Waals surface area contributed by atoms with E-state index in [1.54, 1.807) is 0 Å². The molecule has 0 aromatic rings. The summed E-state index contributed by atoms with van der Waals surface area (Å²) in [4.78, 5) is 38.1. The Bertz CT molecular complexity index is 1010. The molecule has 1 atom stereocenters. The number of esters is 2. The van der Waals surface area contributed by atoms with E-state index in [1.807, 2.05) is 0 Å². The zero-order chi connectivity index (χ0) is 45.8. The van der Waals surface area contributed by atoms with Crippen LogP contribution in [-0.2, 0) is 28.6 Å². The van der Waals surface area contributed by atoms with Gasteiger partial charge in [0.25, 0.3) is 0 Å². The van der Waals surface area contributed by atoms with Gasteiger partial charge in [-0.3, -0.25) is 14.4 Å². The van der Waals surface area contributed by atoms with Gasteiger partial charge in [0.15, 0.2) is 12.4 Å². The summed E-state index contributed by atoms with van der Waals surface area (Å²) in [6.45, 7) is 6.47. The van der Waals surface area contributed by atoms with E-state index >= 15 is 0 Å². The normalized spacial score (nSPS) is 12.3. The van der Waals surface area contributed by atoms with Crippen molar-refractivity contribution < 1.29 is 28.6 Å². The lowest BCUT2D eigenvalue weighted by atomic mass is 10.1. The van der Waals surface area contributed by atoms with Crippen LogP contribution in [0.2, 0.25) is 0 Å². The molecule has 0 heterocycles. The van der Waals surface area contributed by atoms with E-state index in [0.29, 0.717) is 19.3 Å². The van der Waals surface area contributed by atoms with Crippen LogP contribution in [0.3, 0.4) is 0 Å². The number of carbonyl (C=O) groups is 3. The molecule has 1 unspecified atom stereocenters. The summed E-state index contributed by atoms with van der Waals surface area (Å²) in [5.41, 5.74) is 0. The molecule has 0 saturated heterocycles. The zero-order valence-corrected chi connectivity index (χ0v) is 42.1. The molecule has 0 bridgehead atoms. The van der Waals surface area contributed by atoms with Gasteiger partial charge in [0, 0.05) is 19.3 Å². The average molecular weight is 885 g/mol. The SMILES string of the molecule is CCCCCCCCC=CCCCCCCCC(=O)COC(COC(=O)CCCCCCCC=CCCCCCCCC)OC(=O)CCCCCCCC=CCCCCCCCC. The Balaban J connectivity index is 4.39. The molecule has 0 N–H and O–H groups in total. The molecule has 0 aliphatic rings. The summed E-state index contributed by atoms with van der Waals surface area (Å²) in [6.07, 6.45) is 61.0. The number of rotatable bonds is 51. The molecule has 0 rings (SSSR count). The van der Waals surface area contributed by atoms with Gasteiger partial charge in [0.05, 0.1) is 0 Å². The molecule has 6 nitrogen and oxygen atoms in total. The number of allylic oxidation sites excluding steroid dienone is 6. The number of unbranched alkanes of at least 4 members (excludes halogenated alkanes) is 33. The second-order valence-corrected chi connectivity index (χ2v) is 18.5. The highest BCUT2D eigenvalue weighted by atomic mass is 16.7. The van der Waals surface area contributed by atoms with Crippen molar-refractivity contribution in [1.82, 2.24) is 0 Å². The number of hydrogen-bond acceptors (Lipinski definition) is 6. The van der Waals surface area contributed by atoms with Crippen LogP contribution in [0.25, 0.3) is 0 Å². The highest BCUT2D eigenvalue weighted by Gasteiger charge is 2.19. The third-order valence-corrected chi connectivity index (χ3v) is 12.1. The summed E-state index contributed by atoms with van der Waals surface area (Å²) < 4.78 is 16.9. The van der Waals surface area contributed by atoms with Crippen LogP contribution in [0.1, 0.15) is 290 Å². The summed E-state index contributed by atoms with van der Waals surface area (Å²) in [7, 11) is 0. The highest BCUT2D eigenvalue weighted by Crippen LogP contribution is 2.15. The van der Waals surface area contributed by atoms with Crippen molar-refractivity contribution in [2.24, 2.45) is 0 Å². The topological polar surface area (TPSA) is 78.9 Å². The molecule has 6 heteroatoms. The van der Waals surface area contributed by atoms with Crippen molar-refractivity contribution in [1.29, 1.82) is 0 Å². The fourth-order valence-corrected chi connectivity index (χ4v) is 7.89. The third-order valence-electron chi connectivity index (χ3n) is 12.1. The first kappa shape index (κ1) is 60.8. The van der Waals surface area contributed by atoms with Crippen molar-refractivity contribution in [3.63, 3.8) is 0 Å². The van der Waals surface area contributed by atoms with Gasteiger partial charge < -0.3 is 14.2 Å². The summed E-state index contributed by atoms with van der Waals surface area (Å²) >= 11 is 0. The molecular formula is C57H104O6. The zero-order valence-electron chi connectivity index (χ0n) is 42.1. The first-order chi connectivity index (χ1) is 31.0. The quantitative estimate of drug-likeness (QED) is 0.0262. The maximum atomic E-state index is 12.8. The molecule has 0 aliphatic heterocycles. The van der Waals surface area contributed by atoms with Crippen molar-refractivity contribution in [2.45, 2.75) is 297 Å². The van der Waals surface area contributed by atoms with Gasteiger partial charge in [0.1, 0.15) is 6.61 Å². The van der Waals surface area contributed by atoms with E-state index in [4.69, 9.17) is 14.2 Å². The Morgan fingerprint density at radius 3 is 0.984 bits per heavy atom. The first-order valence-electron chi connectivity index (χ1n) is 27.5. The highest BCUT2D eigenvalue weighted by molar-refractivity contribution is 5.79. The van der Waals surface area contributed by atoms with E-state index in [9.17, 15) is 14.4 Å². The standard InChI is InChI=1S/C57H104O6/c1-4-7-10-13-16-19-22-25-28-31-34-37-40-43-46-49-54(58)52-62-57(63-56(60)51-48-45-42-39-36-33-30-27-24-21-18-15-12-9-6-3)53-61-55(59)50-47-44-41-38-35-32-29-26-23-20-17-14-11-8-5-2/h25-30,57H,4-24,31-53H2,1-3H3. The van der Waals surface area contributed by atoms with E-state index in [-0.39, 0.29) is 30.9 Å². The van der Waals surface area contributed by atoms with E-state index < -0.39 is 6.29 Å². The molecule has 0 amide bonds. The molecule has 0 saturated carbocycles. The van der Waals surface area contributed by atoms with Gasteiger partial charge in [-0.05, 0) is 96.3 Å². The monoisotopic (exact) mass is 885 g/mol. The lowest BCUT2D eigenvalue weighted by molar-refractivity contribution is -0.195. The Hall–Kier alpha value is -2.21. The van der Waals surface area contributed by atoms with Gasteiger partial charge >= 0.3 is 11.9 Å². The van der Waals surface area contributed by atoms with Crippen molar-refractivity contribution in [3.05, 3.63) is 36.5 Å². The van der Waals surface area contributed by atoms with Crippen molar-refractivity contribution in [2.75, 3.05) is 13.2 Å². The predicted octanol–water partition coefficient (Wildman–Crippen LogP) is 18.1. The van der Waals surface area contributed by atoms with Crippen LogP contribution >= 0.6 is 0 Å². The molecule has 0 aromatic carbocycles. The van der Waals surface area contributed by atoms with E-state index in [2.05, 4.69) is 57.2 Å². The molecule has 0 fully saturated rings. The van der Waals surface area contributed by atoms with E-state index in [0.717, 1.165) is 83.5 Å². The molecule has 63 heavy (non-hydrogen) atoms. The van der Waals surface area contributed by atoms with Gasteiger partial charge in [-0.1, -0.05) is 211 Å². The lowest BCUT2D eigenvalue weighted by Gasteiger charge is -2.18. The van der Waals surface area contributed by atoms with Crippen LogP contribution in [0.15, 0.2) is 36.5 Å². The number of ether oxygens (including phenoxy) is 3. The predicted molar refractivity (Wildman–Crippen MR) is 270 cm³/mol. The summed E-state index contributed by atoms with van der Waals surface area (Å²) in [5, 5.41) is 0. The molecule has 0 aliphatic carbocycles. The Morgan fingerprint density at radius 1 is 0.349 bits per heavy atom. The minimum atomic E-state index is -1.06. The molecular weight excluding hydrogens is 781 g/mol. The maximum Gasteiger partial charge on any atom is 0.308 e. The van der Waals surface area contributed by atoms with Gasteiger partial charge in [0.2, 0.25) is 6.29 Å². The van der Waals surface area contributed by atoms with Crippen LogP contribution in [0, 0.1) is 0 Å². The lowest BCUT2D eigenvalue weighted by Crippen LogP contribution is -2.30. The second kappa shape index (κ2) is 52.4. The number of carbonyl (C=O) groups excluding carboxylic acids is 3. The first-order valence-corrected chi connectivity index (χ1v) is 27.5. The van der Waals surface area contributed by atoms with Crippen LogP contribution in [0.4, 0.5) is 0 Å². The Labute approximate surface area is 391 Å².